The van der Waals surface area contributed by atoms with Gasteiger partial charge in [0.15, 0.2) is 0 Å². The van der Waals surface area contributed by atoms with Gasteiger partial charge in [0.25, 0.3) is 0 Å². The number of carboxylic acids is 1. The van der Waals surface area contributed by atoms with E-state index in [-0.39, 0.29) is 6.42 Å². The summed E-state index contributed by atoms with van der Waals surface area (Å²) in [6.07, 6.45) is 2.30. The number of hydrogen-bond acceptors (Lipinski definition) is 3. The van der Waals surface area contributed by atoms with E-state index in [4.69, 9.17) is 5.11 Å². The summed E-state index contributed by atoms with van der Waals surface area (Å²) in [6.45, 7) is 4.39. The molecule has 1 aromatic carbocycles. The highest BCUT2D eigenvalue weighted by molar-refractivity contribution is 5.92. The first-order valence-corrected chi connectivity index (χ1v) is 6.99. The van der Waals surface area contributed by atoms with Crippen LogP contribution in [0.3, 0.4) is 0 Å². The Morgan fingerprint density at radius 2 is 1.95 bits per heavy atom. The minimum atomic E-state index is -0.718. The highest BCUT2D eigenvalue weighted by atomic mass is 16.4. The number of aromatic amines is 1. The Balaban J connectivity index is 1.65. The zero-order valence-corrected chi connectivity index (χ0v) is 11.4. The first-order valence-electron chi connectivity index (χ1n) is 6.99. The predicted molar refractivity (Wildman–Crippen MR) is 79.2 cm³/mol. The molecule has 3 rings (SSSR count). The van der Waals surface area contributed by atoms with E-state index in [1.165, 1.54) is 11.1 Å². The number of benzene rings is 1. The van der Waals surface area contributed by atoms with Gasteiger partial charge in [0.1, 0.15) is 0 Å². The molecule has 20 heavy (non-hydrogen) atoms. The summed E-state index contributed by atoms with van der Waals surface area (Å²) >= 11 is 0. The summed E-state index contributed by atoms with van der Waals surface area (Å²) in [4.78, 5) is 18.5. The first kappa shape index (κ1) is 13.0. The number of carboxylic acid groups (broad SMARTS) is 1. The van der Waals surface area contributed by atoms with Gasteiger partial charge in [-0.1, -0.05) is 18.2 Å². The number of para-hydroxylation sites is 1. The molecule has 1 aliphatic rings. The molecule has 106 valence electrons. The highest BCUT2D eigenvalue weighted by Crippen LogP contribution is 2.27. The number of aliphatic carboxylic acids is 1. The third kappa shape index (κ3) is 2.63. The van der Waals surface area contributed by atoms with Crippen molar-refractivity contribution in [3.63, 3.8) is 0 Å². The van der Waals surface area contributed by atoms with Crippen molar-refractivity contribution >= 4 is 22.6 Å². The number of piperazine rings is 1. The Labute approximate surface area is 117 Å². The molecule has 0 atom stereocenters. The summed E-state index contributed by atoms with van der Waals surface area (Å²) in [7, 11) is 0. The van der Waals surface area contributed by atoms with Crippen LogP contribution in [0.1, 0.15) is 6.42 Å². The number of rotatable bonds is 4. The second-order valence-corrected chi connectivity index (χ2v) is 5.19. The maximum Gasteiger partial charge on any atom is 0.304 e. The summed E-state index contributed by atoms with van der Waals surface area (Å²) in [5.74, 6) is -0.718. The summed E-state index contributed by atoms with van der Waals surface area (Å²) in [5, 5.41) is 9.98. The number of fused-ring (bicyclic) bond motifs is 1. The van der Waals surface area contributed by atoms with Gasteiger partial charge in [-0.3, -0.25) is 9.69 Å². The molecule has 0 aliphatic carbocycles. The van der Waals surface area contributed by atoms with E-state index in [2.05, 4.69) is 39.2 Å². The summed E-state index contributed by atoms with van der Waals surface area (Å²) < 4.78 is 0. The predicted octanol–water partition coefficient (Wildman–Crippen LogP) is 1.76. The second kappa shape index (κ2) is 5.54. The van der Waals surface area contributed by atoms with Crippen molar-refractivity contribution in [3.05, 3.63) is 30.5 Å². The van der Waals surface area contributed by atoms with Gasteiger partial charge >= 0.3 is 5.97 Å². The third-order valence-electron chi connectivity index (χ3n) is 3.92. The summed E-state index contributed by atoms with van der Waals surface area (Å²) in [5.41, 5.74) is 2.41. The minimum Gasteiger partial charge on any atom is -0.481 e. The number of hydrogen-bond donors (Lipinski definition) is 2. The van der Waals surface area contributed by atoms with Gasteiger partial charge in [0.2, 0.25) is 0 Å². The van der Waals surface area contributed by atoms with Crippen molar-refractivity contribution in [2.45, 2.75) is 6.42 Å². The Kier molecular flexibility index (Phi) is 3.60. The molecule has 0 radical (unpaired) electrons. The molecule has 0 saturated carbocycles. The van der Waals surface area contributed by atoms with Crippen molar-refractivity contribution in [1.82, 2.24) is 9.88 Å². The minimum absolute atomic E-state index is 0.229. The van der Waals surface area contributed by atoms with E-state index in [9.17, 15) is 4.79 Å². The SMILES string of the molecule is O=C(O)CCN1CCN(c2c[nH]c3ccccc23)CC1. The van der Waals surface area contributed by atoms with Gasteiger partial charge in [0.05, 0.1) is 12.1 Å². The Morgan fingerprint density at radius 1 is 1.20 bits per heavy atom. The Morgan fingerprint density at radius 3 is 2.70 bits per heavy atom. The van der Waals surface area contributed by atoms with Crippen LogP contribution >= 0.6 is 0 Å². The van der Waals surface area contributed by atoms with Crippen LogP contribution in [-0.2, 0) is 4.79 Å². The number of aromatic nitrogens is 1. The standard InChI is InChI=1S/C15H19N3O2/c19-15(20)5-6-17-7-9-18(10-8-17)14-11-16-13-4-2-1-3-12(13)14/h1-4,11,16H,5-10H2,(H,19,20). The maximum atomic E-state index is 10.6. The fourth-order valence-electron chi connectivity index (χ4n) is 2.78. The van der Waals surface area contributed by atoms with Crippen LogP contribution in [0.2, 0.25) is 0 Å². The van der Waals surface area contributed by atoms with Gasteiger partial charge in [0, 0.05) is 49.8 Å². The van der Waals surface area contributed by atoms with Gasteiger partial charge in [-0.2, -0.15) is 0 Å². The lowest BCUT2D eigenvalue weighted by molar-refractivity contribution is -0.137. The Hall–Kier alpha value is -2.01. The van der Waals surface area contributed by atoms with E-state index < -0.39 is 5.97 Å². The second-order valence-electron chi connectivity index (χ2n) is 5.19. The van der Waals surface area contributed by atoms with E-state index in [0.29, 0.717) is 6.54 Å². The number of anilines is 1. The molecule has 5 heteroatoms. The fourth-order valence-corrected chi connectivity index (χ4v) is 2.78. The smallest absolute Gasteiger partial charge is 0.304 e. The first-order chi connectivity index (χ1) is 9.74. The fraction of sp³-hybridized carbons (Fsp3) is 0.400. The van der Waals surface area contributed by atoms with Crippen molar-refractivity contribution in [2.75, 3.05) is 37.6 Å². The van der Waals surface area contributed by atoms with Crippen molar-refractivity contribution in [2.24, 2.45) is 0 Å². The molecular formula is C15H19N3O2. The number of nitrogens with zero attached hydrogens (tertiary/aromatic N) is 2. The summed E-state index contributed by atoms with van der Waals surface area (Å²) in [6, 6.07) is 8.31. The van der Waals surface area contributed by atoms with Crippen LogP contribution in [0.5, 0.6) is 0 Å². The van der Waals surface area contributed by atoms with E-state index in [1.807, 2.05) is 6.07 Å². The Bertz CT molecular complexity index is 600. The average Bonchev–Trinajstić information content (AvgIpc) is 2.89. The van der Waals surface area contributed by atoms with Crippen LogP contribution in [-0.4, -0.2) is 53.7 Å². The van der Waals surface area contributed by atoms with E-state index in [1.54, 1.807) is 0 Å². The molecule has 1 saturated heterocycles. The van der Waals surface area contributed by atoms with Crippen molar-refractivity contribution < 1.29 is 9.90 Å². The number of H-pyrrole nitrogens is 1. The quantitative estimate of drug-likeness (QED) is 0.891. The molecule has 1 fully saturated rings. The molecule has 2 heterocycles. The van der Waals surface area contributed by atoms with E-state index in [0.717, 1.165) is 31.7 Å². The lowest BCUT2D eigenvalue weighted by Crippen LogP contribution is -2.46. The molecule has 2 aromatic rings. The molecule has 5 nitrogen and oxygen atoms in total. The molecule has 1 aliphatic heterocycles. The number of carbonyl (C=O) groups is 1. The average molecular weight is 273 g/mol. The number of nitrogens with one attached hydrogen (secondary N) is 1. The van der Waals surface area contributed by atoms with Crippen LogP contribution in [0.25, 0.3) is 10.9 Å². The van der Waals surface area contributed by atoms with Gasteiger partial charge < -0.3 is 15.0 Å². The van der Waals surface area contributed by atoms with Crippen molar-refractivity contribution in [1.29, 1.82) is 0 Å². The van der Waals surface area contributed by atoms with E-state index >= 15 is 0 Å². The molecular weight excluding hydrogens is 254 g/mol. The lowest BCUT2D eigenvalue weighted by atomic mass is 10.2. The van der Waals surface area contributed by atoms with Crippen molar-refractivity contribution in [3.8, 4) is 0 Å². The third-order valence-corrected chi connectivity index (χ3v) is 3.92. The molecule has 1 aromatic heterocycles. The monoisotopic (exact) mass is 273 g/mol. The van der Waals surface area contributed by atoms with Gasteiger partial charge in [-0.15, -0.1) is 0 Å². The zero-order chi connectivity index (χ0) is 13.9. The molecule has 0 amide bonds. The van der Waals surface area contributed by atoms with Crippen LogP contribution in [0.4, 0.5) is 5.69 Å². The molecule has 0 spiro atoms. The molecule has 0 bridgehead atoms. The zero-order valence-electron chi connectivity index (χ0n) is 11.4. The highest BCUT2D eigenvalue weighted by Gasteiger charge is 2.19. The normalized spacial score (nSPS) is 16.7. The van der Waals surface area contributed by atoms with Gasteiger partial charge in [-0.05, 0) is 6.07 Å². The van der Waals surface area contributed by atoms with Crippen LogP contribution in [0, 0.1) is 0 Å². The van der Waals surface area contributed by atoms with Gasteiger partial charge in [-0.25, -0.2) is 0 Å². The van der Waals surface area contributed by atoms with Crippen LogP contribution in [0.15, 0.2) is 30.5 Å². The lowest BCUT2D eigenvalue weighted by Gasteiger charge is -2.35. The largest absolute Gasteiger partial charge is 0.481 e. The maximum absolute atomic E-state index is 10.6. The van der Waals surface area contributed by atoms with Crippen LogP contribution < -0.4 is 4.90 Å². The molecule has 2 N–H and O–H groups in total. The molecule has 0 unspecified atom stereocenters. The topological polar surface area (TPSA) is 59.6 Å².